The largest absolute Gasteiger partial charge is 0.241 e. The monoisotopic (exact) mass is 212 g/mol. The van der Waals surface area contributed by atoms with E-state index in [0.717, 1.165) is 13.1 Å². The van der Waals surface area contributed by atoms with Crippen LogP contribution in [-0.4, -0.2) is 17.4 Å². The van der Waals surface area contributed by atoms with Crippen molar-refractivity contribution in [2.75, 3.05) is 13.1 Å². The molecular formula is C4H13Cl3NS. The predicted molar refractivity (Wildman–Crippen MR) is 52.3 cm³/mol. The molecule has 0 amide bonds. The van der Waals surface area contributed by atoms with Crippen molar-refractivity contribution in [3.63, 3.8) is 0 Å². The summed E-state index contributed by atoms with van der Waals surface area (Å²) in [5, 5.41) is 0. The van der Waals surface area contributed by atoms with E-state index in [0.29, 0.717) is 0 Å². The molecule has 1 nitrogen and oxygen atoms in total. The van der Waals surface area contributed by atoms with Crippen molar-refractivity contribution in [3.8, 4) is 0 Å². The summed E-state index contributed by atoms with van der Waals surface area (Å²) >= 11 is 4.77. The maximum atomic E-state index is 4.77. The van der Waals surface area contributed by atoms with Crippen LogP contribution in [0, 0.1) is 0 Å². The fraction of sp³-hybridized carbons (Fsp3) is 1.00. The van der Waals surface area contributed by atoms with Crippen LogP contribution >= 0.6 is 50.0 Å². The van der Waals surface area contributed by atoms with Gasteiger partial charge in [-0.3, -0.25) is 0 Å². The minimum atomic E-state index is 0. The second-order valence-electron chi connectivity index (χ2n) is 1.11. The highest BCUT2D eigenvalue weighted by atomic mass is 35.5. The second-order valence-corrected chi connectivity index (χ2v) is 1.63. The van der Waals surface area contributed by atoms with Crippen LogP contribution in [0.2, 0.25) is 0 Å². The number of halogens is 3. The summed E-state index contributed by atoms with van der Waals surface area (Å²) < 4.78 is 1.83. The highest BCUT2D eigenvalue weighted by Gasteiger charge is 1.84. The fourth-order valence-electron chi connectivity index (χ4n) is 0.224. The topological polar surface area (TPSA) is 3.24 Å². The summed E-state index contributed by atoms with van der Waals surface area (Å²) in [6.07, 6.45) is 0. The number of hydrogen-bond acceptors (Lipinski definition) is 1. The van der Waals surface area contributed by atoms with Crippen LogP contribution in [0.15, 0.2) is 0 Å². The standard InChI is InChI=1S/C4H10NS.3ClH/c1-3-5(6)4-2;;;/h3-4H2,1-2H3;3*1H. The van der Waals surface area contributed by atoms with Gasteiger partial charge in [0.25, 0.3) is 0 Å². The zero-order chi connectivity index (χ0) is 4.99. The lowest BCUT2D eigenvalue weighted by Gasteiger charge is -2.03. The van der Waals surface area contributed by atoms with Crippen molar-refractivity contribution in [1.82, 2.24) is 4.31 Å². The quantitative estimate of drug-likeness (QED) is 0.682. The number of hydrogen-bond donors (Lipinski definition) is 0. The molecule has 0 aromatic carbocycles. The molecule has 0 rings (SSSR count). The molecule has 0 N–H and O–H groups in total. The molecule has 0 heterocycles. The fourth-order valence-corrected chi connectivity index (χ4v) is 0.224. The van der Waals surface area contributed by atoms with Gasteiger partial charge in [0.1, 0.15) is 0 Å². The van der Waals surface area contributed by atoms with Gasteiger partial charge in [0.15, 0.2) is 0 Å². The van der Waals surface area contributed by atoms with E-state index in [2.05, 4.69) is 13.8 Å². The Bertz CT molecular complexity index is 35.0. The zero-order valence-corrected chi connectivity index (χ0v) is 8.76. The molecule has 0 saturated heterocycles. The molecule has 0 aromatic rings. The Morgan fingerprint density at radius 2 is 1.22 bits per heavy atom. The Balaban J connectivity index is -0.0000000417. The van der Waals surface area contributed by atoms with Gasteiger partial charge in [0, 0.05) is 25.9 Å². The van der Waals surface area contributed by atoms with Gasteiger partial charge in [-0.25, -0.2) is 4.31 Å². The van der Waals surface area contributed by atoms with Crippen LogP contribution in [0.5, 0.6) is 0 Å². The van der Waals surface area contributed by atoms with Crippen LogP contribution in [-0.2, 0) is 0 Å². The first-order valence-corrected chi connectivity index (χ1v) is 2.59. The van der Waals surface area contributed by atoms with E-state index in [1.165, 1.54) is 0 Å². The van der Waals surface area contributed by atoms with Gasteiger partial charge in [-0.1, -0.05) is 13.8 Å². The van der Waals surface area contributed by atoms with E-state index < -0.39 is 0 Å². The van der Waals surface area contributed by atoms with Crippen molar-refractivity contribution in [2.24, 2.45) is 0 Å². The molecule has 0 atom stereocenters. The van der Waals surface area contributed by atoms with E-state index in [9.17, 15) is 0 Å². The van der Waals surface area contributed by atoms with E-state index in [-0.39, 0.29) is 37.2 Å². The third-order valence-electron chi connectivity index (χ3n) is 0.705. The first-order chi connectivity index (χ1) is 2.81. The second kappa shape index (κ2) is 16.1. The highest BCUT2D eigenvalue weighted by Crippen LogP contribution is 1.86. The van der Waals surface area contributed by atoms with Crippen molar-refractivity contribution >= 4 is 50.0 Å². The van der Waals surface area contributed by atoms with Gasteiger partial charge < -0.3 is 0 Å². The van der Waals surface area contributed by atoms with Crippen molar-refractivity contribution in [1.29, 1.82) is 0 Å². The van der Waals surface area contributed by atoms with E-state index in [1.807, 2.05) is 4.31 Å². The van der Waals surface area contributed by atoms with Gasteiger partial charge in [0.05, 0.1) is 0 Å². The lowest BCUT2D eigenvalue weighted by Crippen LogP contribution is -2.08. The molecule has 1 radical (unpaired) electrons. The molecule has 0 aromatic heterocycles. The zero-order valence-electron chi connectivity index (χ0n) is 5.49. The molecule has 0 spiro atoms. The Morgan fingerprint density at radius 1 is 1.00 bits per heavy atom. The lowest BCUT2D eigenvalue weighted by atomic mass is 10.7. The summed E-state index contributed by atoms with van der Waals surface area (Å²) in [5.41, 5.74) is 0. The number of nitrogens with zero attached hydrogens (tertiary/aromatic N) is 1. The van der Waals surface area contributed by atoms with Gasteiger partial charge >= 0.3 is 0 Å². The summed E-state index contributed by atoms with van der Waals surface area (Å²) in [7, 11) is 0. The van der Waals surface area contributed by atoms with E-state index >= 15 is 0 Å². The predicted octanol–water partition coefficient (Wildman–Crippen LogP) is 2.71. The van der Waals surface area contributed by atoms with Gasteiger partial charge in [-0.2, -0.15) is 0 Å². The summed E-state index contributed by atoms with van der Waals surface area (Å²) in [6, 6.07) is 0. The molecule has 5 heteroatoms. The van der Waals surface area contributed by atoms with Crippen molar-refractivity contribution in [2.45, 2.75) is 13.8 Å². The lowest BCUT2D eigenvalue weighted by molar-refractivity contribution is 0.532. The maximum Gasteiger partial charge on any atom is 0.00837 e. The van der Waals surface area contributed by atoms with E-state index in [1.54, 1.807) is 0 Å². The van der Waals surface area contributed by atoms with Crippen LogP contribution in [0.1, 0.15) is 13.8 Å². The summed E-state index contributed by atoms with van der Waals surface area (Å²) in [4.78, 5) is 0. The normalized spacial score (nSPS) is 6.67. The van der Waals surface area contributed by atoms with Gasteiger partial charge in [-0.05, 0) is 0 Å². The van der Waals surface area contributed by atoms with Crippen LogP contribution < -0.4 is 0 Å². The molecular weight excluding hydrogens is 200 g/mol. The minimum Gasteiger partial charge on any atom is -0.241 e. The van der Waals surface area contributed by atoms with Crippen LogP contribution in [0.4, 0.5) is 0 Å². The molecule has 0 aliphatic carbocycles. The average molecular weight is 214 g/mol. The van der Waals surface area contributed by atoms with Crippen molar-refractivity contribution < 1.29 is 0 Å². The Kier molecular flexibility index (Phi) is 40.1. The van der Waals surface area contributed by atoms with Gasteiger partial charge in [-0.15, -0.1) is 37.2 Å². The molecule has 9 heavy (non-hydrogen) atoms. The van der Waals surface area contributed by atoms with Crippen LogP contribution in [0.25, 0.3) is 0 Å². The SMILES string of the molecule is CCN([S])CC.Cl.Cl.Cl. The van der Waals surface area contributed by atoms with Crippen molar-refractivity contribution in [3.05, 3.63) is 0 Å². The molecule has 0 aliphatic heterocycles. The molecule has 61 valence electrons. The van der Waals surface area contributed by atoms with Crippen LogP contribution in [0.3, 0.4) is 0 Å². The molecule has 0 fully saturated rings. The van der Waals surface area contributed by atoms with E-state index in [4.69, 9.17) is 12.8 Å². The van der Waals surface area contributed by atoms with Gasteiger partial charge in [0.2, 0.25) is 0 Å². The minimum absolute atomic E-state index is 0. The molecule has 0 unspecified atom stereocenters. The highest BCUT2D eigenvalue weighted by molar-refractivity contribution is 7.77. The Labute approximate surface area is 81.3 Å². The molecule has 0 saturated carbocycles. The molecule has 0 bridgehead atoms. The first-order valence-electron chi connectivity index (χ1n) is 2.23. The third kappa shape index (κ3) is 17.6. The Morgan fingerprint density at radius 3 is 1.22 bits per heavy atom. The smallest absolute Gasteiger partial charge is 0.00837 e. The third-order valence-corrected chi connectivity index (χ3v) is 1.22. The maximum absolute atomic E-state index is 4.77. The number of rotatable bonds is 2. The average Bonchev–Trinajstić information content (AvgIpc) is 1.65. The summed E-state index contributed by atoms with van der Waals surface area (Å²) in [6.45, 7) is 6.06. The Hall–Kier alpha value is 1.18. The molecule has 0 aliphatic rings. The first kappa shape index (κ1) is 22.5. The summed E-state index contributed by atoms with van der Waals surface area (Å²) in [5.74, 6) is 0.